The molecule has 4 nitrogen and oxygen atoms in total. The summed E-state index contributed by atoms with van der Waals surface area (Å²) in [5.74, 6) is 0.0637. The van der Waals surface area contributed by atoms with Crippen molar-refractivity contribution >= 4 is 9.84 Å². The van der Waals surface area contributed by atoms with Gasteiger partial charge in [0.1, 0.15) is 11.0 Å². The highest BCUT2D eigenvalue weighted by Gasteiger charge is 2.33. The third kappa shape index (κ3) is 1.49. The number of hydrogen-bond acceptors (Lipinski definition) is 4. The molecule has 14 heavy (non-hydrogen) atoms. The van der Waals surface area contributed by atoms with Gasteiger partial charge < -0.3 is 9.84 Å². The quantitative estimate of drug-likeness (QED) is 0.781. The third-order valence-electron chi connectivity index (χ3n) is 2.21. The Morgan fingerprint density at radius 1 is 1.21 bits per heavy atom. The van der Waals surface area contributed by atoms with Crippen LogP contribution in [-0.2, 0) is 14.6 Å². The Hall–Kier alpha value is -1.07. The van der Waals surface area contributed by atoms with Gasteiger partial charge in [-0.15, -0.1) is 0 Å². The first kappa shape index (κ1) is 9.48. The first-order valence-corrected chi connectivity index (χ1v) is 5.76. The van der Waals surface area contributed by atoms with Crippen molar-refractivity contribution in [3.63, 3.8) is 0 Å². The van der Waals surface area contributed by atoms with E-state index in [1.807, 2.05) is 0 Å². The largest absolute Gasteiger partial charge is 0.508 e. The molecule has 0 radical (unpaired) electrons. The molecule has 1 aliphatic rings. The standard InChI is InChI=1S/C9H10O4S/c10-7-1-3-8(4-2-7)14(11,12)9-5-13-6-9/h1-4,9-10H,5-6H2. The minimum Gasteiger partial charge on any atom is -0.508 e. The van der Waals surface area contributed by atoms with Gasteiger partial charge in [0.15, 0.2) is 9.84 Å². The van der Waals surface area contributed by atoms with E-state index in [0.29, 0.717) is 0 Å². The first-order valence-electron chi connectivity index (χ1n) is 4.21. The minimum absolute atomic E-state index is 0.0637. The van der Waals surface area contributed by atoms with Crippen LogP contribution < -0.4 is 0 Å². The molecule has 0 aliphatic carbocycles. The second-order valence-electron chi connectivity index (χ2n) is 3.20. The smallest absolute Gasteiger partial charge is 0.185 e. The summed E-state index contributed by atoms with van der Waals surface area (Å²) >= 11 is 0. The van der Waals surface area contributed by atoms with Crippen LogP contribution in [0.25, 0.3) is 0 Å². The van der Waals surface area contributed by atoms with Gasteiger partial charge in [0.05, 0.1) is 18.1 Å². The molecule has 1 aromatic carbocycles. The van der Waals surface area contributed by atoms with Crippen LogP contribution in [0.2, 0.25) is 0 Å². The summed E-state index contributed by atoms with van der Waals surface area (Å²) in [7, 11) is -3.26. The van der Waals surface area contributed by atoms with E-state index >= 15 is 0 Å². The van der Waals surface area contributed by atoms with Crippen molar-refractivity contribution in [3.05, 3.63) is 24.3 Å². The molecule has 0 bridgehead atoms. The number of aromatic hydroxyl groups is 1. The fourth-order valence-electron chi connectivity index (χ4n) is 1.22. The third-order valence-corrected chi connectivity index (χ3v) is 4.29. The van der Waals surface area contributed by atoms with Crippen molar-refractivity contribution < 1.29 is 18.3 Å². The lowest BCUT2D eigenvalue weighted by Gasteiger charge is -2.25. The lowest BCUT2D eigenvalue weighted by molar-refractivity contribution is 0.0416. The lowest BCUT2D eigenvalue weighted by atomic mass is 10.3. The van der Waals surface area contributed by atoms with Crippen LogP contribution in [0.3, 0.4) is 0 Å². The summed E-state index contributed by atoms with van der Waals surface area (Å²) in [6, 6.07) is 5.55. The van der Waals surface area contributed by atoms with Gasteiger partial charge >= 0.3 is 0 Å². The summed E-state index contributed by atoms with van der Waals surface area (Å²) in [5, 5.41) is 8.59. The number of rotatable bonds is 2. The van der Waals surface area contributed by atoms with E-state index in [-0.39, 0.29) is 23.9 Å². The fourth-order valence-corrected chi connectivity index (χ4v) is 2.67. The van der Waals surface area contributed by atoms with Crippen LogP contribution >= 0.6 is 0 Å². The Labute approximate surface area is 82.1 Å². The van der Waals surface area contributed by atoms with Crippen LogP contribution in [0.4, 0.5) is 0 Å². The minimum atomic E-state index is -3.26. The summed E-state index contributed by atoms with van der Waals surface area (Å²) in [6.45, 7) is 0.534. The number of hydrogen-bond donors (Lipinski definition) is 1. The lowest BCUT2D eigenvalue weighted by Crippen LogP contribution is -2.40. The van der Waals surface area contributed by atoms with Gasteiger partial charge in [-0.1, -0.05) is 0 Å². The van der Waals surface area contributed by atoms with Crippen LogP contribution in [0.5, 0.6) is 5.75 Å². The number of sulfone groups is 1. The van der Waals surface area contributed by atoms with E-state index in [1.165, 1.54) is 24.3 Å². The molecule has 76 valence electrons. The van der Waals surface area contributed by atoms with Crippen LogP contribution in [-0.4, -0.2) is 32.0 Å². The Balaban J connectivity index is 2.34. The zero-order valence-electron chi connectivity index (χ0n) is 7.38. The molecule has 1 aliphatic heterocycles. The molecular formula is C9H10O4S. The molecule has 1 N–H and O–H groups in total. The molecule has 1 fully saturated rings. The maximum Gasteiger partial charge on any atom is 0.185 e. The summed E-state index contributed by atoms with van der Waals surface area (Å²) in [4.78, 5) is 0.239. The molecular weight excluding hydrogens is 204 g/mol. The maximum absolute atomic E-state index is 11.8. The number of phenolic OH excluding ortho intramolecular Hbond substituents is 1. The van der Waals surface area contributed by atoms with Crippen LogP contribution in [0, 0.1) is 0 Å². The van der Waals surface area contributed by atoms with E-state index < -0.39 is 15.1 Å². The normalized spacial score (nSPS) is 17.7. The molecule has 1 aromatic rings. The summed E-state index contributed by atoms with van der Waals surface area (Å²) in [6.07, 6.45) is 0. The van der Waals surface area contributed by atoms with E-state index in [4.69, 9.17) is 9.84 Å². The fraction of sp³-hybridized carbons (Fsp3) is 0.333. The van der Waals surface area contributed by atoms with Gasteiger partial charge in [-0.3, -0.25) is 0 Å². The van der Waals surface area contributed by atoms with Crippen LogP contribution in [0.15, 0.2) is 29.2 Å². The second kappa shape index (κ2) is 3.25. The van der Waals surface area contributed by atoms with Crippen molar-refractivity contribution in [1.82, 2.24) is 0 Å². The van der Waals surface area contributed by atoms with Crippen molar-refractivity contribution in [3.8, 4) is 5.75 Å². The van der Waals surface area contributed by atoms with Gasteiger partial charge in [-0.25, -0.2) is 8.42 Å². The highest BCUT2D eigenvalue weighted by atomic mass is 32.2. The van der Waals surface area contributed by atoms with Gasteiger partial charge in [-0.2, -0.15) is 0 Å². The predicted molar refractivity (Wildman–Crippen MR) is 49.9 cm³/mol. The van der Waals surface area contributed by atoms with Crippen molar-refractivity contribution in [2.24, 2.45) is 0 Å². The SMILES string of the molecule is O=S(=O)(c1ccc(O)cc1)C1COC1. The van der Waals surface area contributed by atoms with Crippen molar-refractivity contribution in [2.75, 3.05) is 13.2 Å². The van der Waals surface area contributed by atoms with Gasteiger partial charge in [0.2, 0.25) is 0 Å². The average Bonchev–Trinajstić information content (AvgIpc) is 2.00. The molecule has 0 aromatic heterocycles. The number of benzene rings is 1. The van der Waals surface area contributed by atoms with E-state index in [2.05, 4.69) is 0 Å². The average molecular weight is 214 g/mol. The Morgan fingerprint density at radius 3 is 2.21 bits per heavy atom. The molecule has 0 saturated carbocycles. The van der Waals surface area contributed by atoms with Crippen LogP contribution in [0.1, 0.15) is 0 Å². The van der Waals surface area contributed by atoms with E-state index in [0.717, 1.165) is 0 Å². The van der Waals surface area contributed by atoms with E-state index in [1.54, 1.807) is 0 Å². The Bertz CT molecular complexity index is 417. The predicted octanol–water partition coefficient (Wildman–Crippen LogP) is 0.565. The zero-order valence-corrected chi connectivity index (χ0v) is 8.20. The molecule has 2 rings (SSSR count). The van der Waals surface area contributed by atoms with E-state index in [9.17, 15) is 8.42 Å². The summed E-state index contributed by atoms with van der Waals surface area (Å²) < 4.78 is 28.4. The first-order chi connectivity index (χ1) is 6.60. The molecule has 0 spiro atoms. The topological polar surface area (TPSA) is 63.6 Å². The molecule has 0 atom stereocenters. The highest BCUT2D eigenvalue weighted by molar-refractivity contribution is 7.92. The maximum atomic E-state index is 11.8. The van der Waals surface area contributed by atoms with Gasteiger partial charge in [0.25, 0.3) is 0 Å². The number of phenols is 1. The Kier molecular flexibility index (Phi) is 2.20. The molecule has 5 heteroatoms. The van der Waals surface area contributed by atoms with Crippen molar-refractivity contribution in [1.29, 1.82) is 0 Å². The second-order valence-corrected chi connectivity index (χ2v) is 5.43. The zero-order chi connectivity index (χ0) is 10.2. The Morgan fingerprint density at radius 2 is 1.79 bits per heavy atom. The van der Waals surface area contributed by atoms with Gasteiger partial charge in [-0.05, 0) is 24.3 Å². The highest BCUT2D eigenvalue weighted by Crippen LogP contribution is 2.22. The van der Waals surface area contributed by atoms with Gasteiger partial charge in [0, 0.05) is 0 Å². The monoisotopic (exact) mass is 214 g/mol. The molecule has 1 heterocycles. The molecule has 1 saturated heterocycles. The number of ether oxygens (including phenoxy) is 1. The van der Waals surface area contributed by atoms with Crippen molar-refractivity contribution in [2.45, 2.75) is 10.1 Å². The molecule has 0 amide bonds. The summed E-state index contributed by atoms with van der Waals surface area (Å²) in [5.41, 5.74) is 0. The molecule has 0 unspecified atom stereocenters.